The first-order chi connectivity index (χ1) is 8.76. The molecule has 2 heteroatoms. The minimum Gasteiger partial charge on any atom is -0.383 e. The van der Waals surface area contributed by atoms with Crippen molar-refractivity contribution in [1.82, 2.24) is 5.32 Å². The van der Waals surface area contributed by atoms with Crippen LogP contribution in [0.4, 0.5) is 0 Å². The van der Waals surface area contributed by atoms with Crippen molar-refractivity contribution >= 4 is 0 Å². The quantitative estimate of drug-likeness (QED) is 0.563. The summed E-state index contributed by atoms with van der Waals surface area (Å²) in [7, 11) is 1.78. The Balaban J connectivity index is 2.28. The van der Waals surface area contributed by atoms with Crippen molar-refractivity contribution in [2.75, 3.05) is 26.8 Å². The first kappa shape index (κ1) is 16.0. The Labute approximate surface area is 114 Å². The highest BCUT2D eigenvalue weighted by atomic mass is 16.5. The number of hydrogen-bond donors (Lipinski definition) is 1. The lowest BCUT2D eigenvalue weighted by Crippen LogP contribution is -2.42. The number of hydrogen-bond acceptors (Lipinski definition) is 2. The van der Waals surface area contributed by atoms with Gasteiger partial charge in [-0.05, 0) is 30.6 Å². The Morgan fingerprint density at radius 2 is 2.06 bits per heavy atom. The van der Waals surface area contributed by atoms with Gasteiger partial charge in [-0.15, -0.1) is 0 Å². The van der Waals surface area contributed by atoms with Crippen LogP contribution in [0, 0.1) is 11.3 Å². The molecule has 1 rings (SSSR count). The molecule has 0 bridgehead atoms. The average molecular weight is 255 g/mol. The number of ether oxygens (including phenoxy) is 1. The van der Waals surface area contributed by atoms with E-state index in [4.69, 9.17) is 4.74 Å². The van der Waals surface area contributed by atoms with Crippen LogP contribution in [0.5, 0.6) is 0 Å². The molecule has 1 aliphatic rings. The van der Waals surface area contributed by atoms with Gasteiger partial charge in [-0.2, -0.15) is 0 Å². The van der Waals surface area contributed by atoms with Crippen LogP contribution in [0.25, 0.3) is 0 Å². The zero-order valence-corrected chi connectivity index (χ0v) is 12.8. The van der Waals surface area contributed by atoms with Gasteiger partial charge in [0.05, 0.1) is 6.61 Å². The Kier molecular flexibility index (Phi) is 7.92. The van der Waals surface area contributed by atoms with Crippen molar-refractivity contribution < 1.29 is 4.74 Å². The van der Waals surface area contributed by atoms with Gasteiger partial charge in [0.1, 0.15) is 0 Å². The third-order valence-electron chi connectivity index (χ3n) is 4.66. The number of nitrogens with one attached hydrogen (secondary N) is 1. The summed E-state index contributed by atoms with van der Waals surface area (Å²) in [6, 6.07) is 0. The molecule has 0 aromatic carbocycles. The molecule has 1 N–H and O–H groups in total. The summed E-state index contributed by atoms with van der Waals surface area (Å²) < 4.78 is 5.10. The van der Waals surface area contributed by atoms with E-state index in [1.165, 1.54) is 57.9 Å². The van der Waals surface area contributed by atoms with Gasteiger partial charge >= 0.3 is 0 Å². The van der Waals surface area contributed by atoms with Crippen molar-refractivity contribution in [1.29, 1.82) is 0 Å². The van der Waals surface area contributed by atoms with Gasteiger partial charge in [0.25, 0.3) is 0 Å². The molecule has 1 unspecified atom stereocenters. The van der Waals surface area contributed by atoms with Crippen LogP contribution in [0.1, 0.15) is 65.2 Å². The highest BCUT2D eigenvalue weighted by molar-refractivity contribution is 4.91. The molecule has 2 nitrogen and oxygen atoms in total. The fraction of sp³-hybridized carbons (Fsp3) is 1.00. The lowest BCUT2D eigenvalue weighted by atomic mass is 9.63. The van der Waals surface area contributed by atoms with Crippen LogP contribution in [0.2, 0.25) is 0 Å². The number of rotatable bonds is 11. The Morgan fingerprint density at radius 1 is 1.28 bits per heavy atom. The highest BCUT2D eigenvalue weighted by Gasteiger charge is 2.37. The zero-order valence-electron chi connectivity index (χ0n) is 12.8. The minimum atomic E-state index is 0.627. The fourth-order valence-corrected chi connectivity index (χ4v) is 3.21. The summed E-state index contributed by atoms with van der Waals surface area (Å²) in [4.78, 5) is 0. The molecule has 1 aliphatic carbocycles. The molecule has 0 heterocycles. The molecule has 1 fully saturated rings. The first-order valence-electron chi connectivity index (χ1n) is 7.96. The van der Waals surface area contributed by atoms with Gasteiger partial charge in [0.2, 0.25) is 0 Å². The molecule has 1 atom stereocenters. The van der Waals surface area contributed by atoms with Crippen molar-refractivity contribution in [2.24, 2.45) is 11.3 Å². The Morgan fingerprint density at radius 3 is 2.56 bits per heavy atom. The highest BCUT2D eigenvalue weighted by Crippen LogP contribution is 2.46. The third kappa shape index (κ3) is 5.27. The Bertz CT molecular complexity index is 201. The van der Waals surface area contributed by atoms with E-state index in [2.05, 4.69) is 19.2 Å². The van der Waals surface area contributed by atoms with Crippen molar-refractivity contribution in [2.45, 2.75) is 65.2 Å². The fourth-order valence-electron chi connectivity index (χ4n) is 3.21. The first-order valence-corrected chi connectivity index (χ1v) is 7.96. The van der Waals surface area contributed by atoms with E-state index < -0.39 is 0 Å². The van der Waals surface area contributed by atoms with E-state index in [9.17, 15) is 0 Å². The maximum atomic E-state index is 5.10. The summed E-state index contributed by atoms with van der Waals surface area (Å²) >= 11 is 0. The SMILES string of the molecule is CCCCC(CC)CC1(CNCCOC)CCC1. The number of unbranched alkanes of at least 4 members (excludes halogenated alkanes) is 1. The molecule has 0 spiro atoms. The van der Waals surface area contributed by atoms with E-state index in [1.807, 2.05) is 0 Å². The number of methoxy groups -OCH3 is 1. The molecule has 0 aromatic heterocycles. The molecule has 0 radical (unpaired) electrons. The predicted octanol–water partition coefficient (Wildman–Crippen LogP) is 4.00. The molecule has 18 heavy (non-hydrogen) atoms. The van der Waals surface area contributed by atoms with Crippen LogP contribution >= 0.6 is 0 Å². The predicted molar refractivity (Wildman–Crippen MR) is 79.0 cm³/mol. The van der Waals surface area contributed by atoms with Gasteiger partial charge in [0, 0.05) is 20.2 Å². The van der Waals surface area contributed by atoms with Gasteiger partial charge in [0.15, 0.2) is 0 Å². The van der Waals surface area contributed by atoms with Crippen LogP contribution in [0.15, 0.2) is 0 Å². The van der Waals surface area contributed by atoms with Crippen LogP contribution in [-0.4, -0.2) is 26.8 Å². The minimum absolute atomic E-state index is 0.627. The normalized spacial score (nSPS) is 19.5. The second-order valence-electron chi connectivity index (χ2n) is 6.14. The lowest BCUT2D eigenvalue weighted by molar-refractivity contribution is 0.0836. The lowest BCUT2D eigenvalue weighted by Gasteiger charge is -2.44. The summed E-state index contributed by atoms with van der Waals surface area (Å²) in [5.41, 5.74) is 0.627. The van der Waals surface area contributed by atoms with E-state index >= 15 is 0 Å². The van der Waals surface area contributed by atoms with Gasteiger partial charge in [-0.3, -0.25) is 0 Å². The van der Waals surface area contributed by atoms with E-state index in [1.54, 1.807) is 7.11 Å². The maximum Gasteiger partial charge on any atom is 0.0587 e. The third-order valence-corrected chi connectivity index (χ3v) is 4.66. The smallest absolute Gasteiger partial charge is 0.0587 e. The molecular formula is C16H33NO. The monoisotopic (exact) mass is 255 g/mol. The van der Waals surface area contributed by atoms with E-state index in [0.717, 1.165) is 19.1 Å². The summed E-state index contributed by atoms with van der Waals surface area (Å²) in [6.07, 6.45) is 11.3. The molecule has 108 valence electrons. The molecule has 0 aliphatic heterocycles. The van der Waals surface area contributed by atoms with Crippen molar-refractivity contribution in [3.05, 3.63) is 0 Å². The zero-order chi connectivity index (χ0) is 13.3. The summed E-state index contributed by atoms with van der Waals surface area (Å²) in [5.74, 6) is 0.953. The van der Waals surface area contributed by atoms with Crippen LogP contribution in [-0.2, 0) is 4.74 Å². The Hall–Kier alpha value is -0.0800. The molecule has 1 saturated carbocycles. The average Bonchev–Trinajstić information content (AvgIpc) is 2.35. The topological polar surface area (TPSA) is 21.3 Å². The largest absolute Gasteiger partial charge is 0.383 e. The standard InChI is InChI=1S/C16H33NO/c1-4-6-8-15(5-2)13-16(9-7-10-16)14-17-11-12-18-3/h15,17H,4-14H2,1-3H3. The van der Waals surface area contributed by atoms with E-state index in [-0.39, 0.29) is 0 Å². The van der Waals surface area contributed by atoms with Gasteiger partial charge in [-0.25, -0.2) is 0 Å². The van der Waals surface area contributed by atoms with Crippen LogP contribution < -0.4 is 5.32 Å². The molecule has 0 aromatic rings. The summed E-state index contributed by atoms with van der Waals surface area (Å²) in [6.45, 7) is 7.72. The maximum absolute atomic E-state index is 5.10. The van der Waals surface area contributed by atoms with Crippen LogP contribution in [0.3, 0.4) is 0 Å². The molecular weight excluding hydrogens is 222 g/mol. The van der Waals surface area contributed by atoms with Crippen molar-refractivity contribution in [3.63, 3.8) is 0 Å². The molecule has 0 amide bonds. The second kappa shape index (κ2) is 8.92. The van der Waals surface area contributed by atoms with E-state index in [0.29, 0.717) is 5.41 Å². The van der Waals surface area contributed by atoms with Gasteiger partial charge < -0.3 is 10.1 Å². The second-order valence-corrected chi connectivity index (χ2v) is 6.14. The summed E-state index contributed by atoms with van der Waals surface area (Å²) in [5, 5.41) is 3.59. The van der Waals surface area contributed by atoms with Gasteiger partial charge in [-0.1, -0.05) is 46.0 Å². The molecule has 0 saturated heterocycles. The van der Waals surface area contributed by atoms with Crippen molar-refractivity contribution in [3.8, 4) is 0 Å².